The lowest BCUT2D eigenvalue weighted by molar-refractivity contribution is 0.300. The predicted molar refractivity (Wildman–Crippen MR) is 71.2 cm³/mol. The number of nitrogens with zero attached hydrogens (tertiary/aromatic N) is 1. The predicted octanol–water partition coefficient (Wildman–Crippen LogP) is 2.55. The van der Waals surface area contributed by atoms with E-state index in [1.165, 1.54) is 34.7 Å². The fourth-order valence-electron chi connectivity index (χ4n) is 2.47. The molecule has 16 heavy (non-hydrogen) atoms. The topological polar surface area (TPSA) is 15.3 Å². The zero-order chi connectivity index (χ0) is 11.5. The Morgan fingerprint density at radius 2 is 2.31 bits per heavy atom. The monoisotopic (exact) mass is 238 g/mol. The summed E-state index contributed by atoms with van der Waals surface area (Å²) in [6.45, 7) is 7.83. The standard InChI is InChI=1S/C13H22N2S/c1-10-7-12(11(2)16-10)8-14-9-13-5-4-6-15(13)3/h7,13-14H,4-6,8-9H2,1-3H3. The van der Waals surface area contributed by atoms with Crippen LogP contribution in [-0.4, -0.2) is 31.1 Å². The number of likely N-dealkylation sites (N-methyl/N-ethyl adjacent to an activating group) is 1. The van der Waals surface area contributed by atoms with Crippen molar-refractivity contribution in [3.8, 4) is 0 Å². The van der Waals surface area contributed by atoms with E-state index in [1.807, 2.05) is 11.3 Å². The quantitative estimate of drug-likeness (QED) is 0.867. The number of hydrogen-bond donors (Lipinski definition) is 1. The number of likely N-dealkylation sites (tertiary alicyclic amines) is 1. The molecule has 1 saturated heterocycles. The molecule has 3 heteroatoms. The van der Waals surface area contributed by atoms with Crippen molar-refractivity contribution in [3.05, 3.63) is 21.4 Å². The van der Waals surface area contributed by atoms with Crippen LogP contribution in [-0.2, 0) is 6.54 Å². The fraction of sp³-hybridized carbons (Fsp3) is 0.692. The molecule has 0 amide bonds. The summed E-state index contributed by atoms with van der Waals surface area (Å²) in [6.07, 6.45) is 2.71. The molecule has 1 aromatic heterocycles. The van der Waals surface area contributed by atoms with Crippen LogP contribution in [0, 0.1) is 13.8 Å². The highest BCUT2D eigenvalue weighted by Crippen LogP contribution is 2.20. The molecule has 2 nitrogen and oxygen atoms in total. The fourth-order valence-corrected chi connectivity index (χ4v) is 3.42. The first-order valence-corrected chi connectivity index (χ1v) is 6.95. The van der Waals surface area contributed by atoms with Crippen molar-refractivity contribution in [2.24, 2.45) is 0 Å². The van der Waals surface area contributed by atoms with E-state index in [0.29, 0.717) is 0 Å². The van der Waals surface area contributed by atoms with Crippen LogP contribution in [0.2, 0.25) is 0 Å². The Balaban J connectivity index is 1.77. The summed E-state index contributed by atoms with van der Waals surface area (Å²) in [7, 11) is 2.24. The molecule has 0 radical (unpaired) electrons. The molecular weight excluding hydrogens is 216 g/mol. The lowest BCUT2D eigenvalue weighted by Crippen LogP contribution is -2.35. The van der Waals surface area contributed by atoms with E-state index in [-0.39, 0.29) is 0 Å². The van der Waals surface area contributed by atoms with Gasteiger partial charge in [0.05, 0.1) is 0 Å². The number of hydrogen-bond acceptors (Lipinski definition) is 3. The van der Waals surface area contributed by atoms with Crippen molar-refractivity contribution < 1.29 is 0 Å². The molecule has 1 unspecified atom stereocenters. The van der Waals surface area contributed by atoms with Gasteiger partial charge in [0.2, 0.25) is 0 Å². The summed E-state index contributed by atoms with van der Waals surface area (Å²) in [6, 6.07) is 3.06. The van der Waals surface area contributed by atoms with Gasteiger partial charge in [-0.25, -0.2) is 0 Å². The van der Waals surface area contributed by atoms with E-state index in [2.05, 4.69) is 37.2 Å². The molecule has 0 aliphatic carbocycles. The largest absolute Gasteiger partial charge is 0.311 e. The van der Waals surface area contributed by atoms with Gasteiger partial charge in [-0.15, -0.1) is 11.3 Å². The molecule has 1 atom stereocenters. The van der Waals surface area contributed by atoms with Gasteiger partial charge in [0.1, 0.15) is 0 Å². The van der Waals surface area contributed by atoms with Gasteiger partial charge in [0, 0.05) is 28.9 Å². The third-order valence-electron chi connectivity index (χ3n) is 3.51. The van der Waals surface area contributed by atoms with Crippen LogP contribution in [0.5, 0.6) is 0 Å². The third-order valence-corrected chi connectivity index (χ3v) is 4.52. The summed E-state index contributed by atoms with van der Waals surface area (Å²) in [5, 5.41) is 3.59. The van der Waals surface area contributed by atoms with Crippen LogP contribution in [0.15, 0.2) is 6.07 Å². The summed E-state index contributed by atoms with van der Waals surface area (Å²) in [5.41, 5.74) is 1.48. The van der Waals surface area contributed by atoms with Crippen LogP contribution >= 0.6 is 11.3 Å². The lowest BCUT2D eigenvalue weighted by Gasteiger charge is -2.19. The first-order valence-electron chi connectivity index (χ1n) is 6.13. The number of thiophene rings is 1. The van der Waals surface area contributed by atoms with E-state index in [1.54, 1.807) is 0 Å². The van der Waals surface area contributed by atoms with Gasteiger partial charge in [-0.05, 0) is 51.9 Å². The maximum absolute atomic E-state index is 3.59. The molecule has 0 spiro atoms. The van der Waals surface area contributed by atoms with Gasteiger partial charge in [-0.2, -0.15) is 0 Å². The lowest BCUT2D eigenvalue weighted by atomic mass is 10.2. The van der Waals surface area contributed by atoms with E-state index in [9.17, 15) is 0 Å². The Morgan fingerprint density at radius 3 is 2.88 bits per heavy atom. The van der Waals surface area contributed by atoms with E-state index >= 15 is 0 Å². The highest BCUT2D eigenvalue weighted by atomic mass is 32.1. The molecular formula is C13H22N2S. The van der Waals surface area contributed by atoms with Crippen LogP contribution in [0.25, 0.3) is 0 Å². The Labute approximate surface area is 103 Å². The second-order valence-corrected chi connectivity index (χ2v) is 6.31. The average Bonchev–Trinajstić information content (AvgIpc) is 2.75. The van der Waals surface area contributed by atoms with Crippen LogP contribution in [0.4, 0.5) is 0 Å². The summed E-state index contributed by atoms with van der Waals surface area (Å²) in [5.74, 6) is 0. The highest BCUT2D eigenvalue weighted by molar-refractivity contribution is 7.12. The highest BCUT2D eigenvalue weighted by Gasteiger charge is 2.19. The van der Waals surface area contributed by atoms with Gasteiger partial charge < -0.3 is 10.2 Å². The van der Waals surface area contributed by atoms with Crippen molar-refractivity contribution in [3.63, 3.8) is 0 Å². The van der Waals surface area contributed by atoms with Crippen molar-refractivity contribution in [1.29, 1.82) is 0 Å². The second-order valence-electron chi connectivity index (χ2n) is 4.85. The average molecular weight is 238 g/mol. The van der Waals surface area contributed by atoms with Crippen LogP contribution in [0.1, 0.15) is 28.2 Å². The summed E-state index contributed by atoms with van der Waals surface area (Å²) in [4.78, 5) is 5.36. The van der Waals surface area contributed by atoms with Gasteiger partial charge in [0.25, 0.3) is 0 Å². The number of aryl methyl sites for hydroxylation is 2. The van der Waals surface area contributed by atoms with Crippen LogP contribution in [0.3, 0.4) is 0 Å². The molecule has 1 fully saturated rings. The second kappa shape index (κ2) is 5.30. The first kappa shape index (κ1) is 12.1. The SMILES string of the molecule is Cc1cc(CNCC2CCCN2C)c(C)s1. The molecule has 90 valence electrons. The first-order chi connectivity index (χ1) is 7.66. The molecule has 0 bridgehead atoms. The summed E-state index contributed by atoms with van der Waals surface area (Å²) < 4.78 is 0. The molecule has 1 aliphatic rings. The van der Waals surface area contributed by atoms with Gasteiger partial charge in [-0.3, -0.25) is 0 Å². The van der Waals surface area contributed by atoms with E-state index in [0.717, 1.165) is 19.1 Å². The molecule has 2 rings (SSSR count). The minimum atomic E-state index is 0.750. The maximum atomic E-state index is 3.59. The zero-order valence-corrected chi connectivity index (χ0v) is 11.4. The molecule has 0 aromatic carbocycles. The number of nitrogens with one attached hydrogen (secondary N) is 1. The molecule has 1 aliphatic heterocycles. The van der Waals surface area contributed by atoms with Crippen molar-refractivity contribution in [2.45, 2.75) is 39.3 Å². The smallest absolute Gasteiger partial charge is 0.0218 e. The van der Waals surface area contributed by atoms with E-state index < -0.39 is 0 Å². The Morgan fingerprint density at radius 1 is 1.50 bits per heavy atom. The normalized spacial score (nSPS) is 21.8. The third kappa shape index (κ3) is 2.84. The van der Waals surface area contributed by atoms with E-state index in [4.69, 9.17) is 0 Å². The minimum Gasteiger partial charge on any atom is -0.311 e. The van der Waals surface area contributed by atoms with Crippen molar-refractivity contribution >= 4 is 11.3 Å². The Hall–Kier alpha value is -0.380. The molecule has 0 saturated carbocycles. The number of rotatable bonds is 4. The summed E-state index contributed by atoms with van der Waals surface area (Å²) >= 11 is 1.90. The Bertz CT molecular complexity index is 346. The van der Waals surface area contributed by atoms with Gasteiger partial charge in [0.15, 0.2) is 0 Å². The van der Waals surface area contributed by atoms with Crippen LogP contribution < -0.4 is 5.32 Å². The van der Waals surface area contributed by atoms with Gasteiger partial charge >= 0.3 is 0 Å². The molecule has 1 aromatic rings. The minimum absolute atomic E-state index is 0.750. The van der Waals surface area contributed by atoms with Crippen molar-refractivity contribution in [1.82, 2.24) is 10.2 Å². The zero-order valence-electron chi connectivity index (χ0n) is 10.5. The van der Waals surface area contributed by atoms with Crippen molar-refractivity contribution in [2.75, 3.05) is 20.1 Å². The molecule has 1 N–H and O–H groups in total. The molecule has 2 heterocycles. The Kier molecular flexibility index (Phi) is 4.00. The maximum Gasteiger partial charge on any atom is 0.0218 e. The van der Waals surface area contributed by atoms with Gasteiger partial charge in [-0.1, -0.05) is 0 Å².